The lowest BCUT2D eigenvalue weighted by Crippen LogP contribution is -2.19. The summed E-state index contributed by atoms with van der Waals surface area (Å²) in [7, 11) is 0. The first-order valence-electron chi connectivity index (χ1n) is 19.5. The van der Waals surface area contributed by atoms with Gasteiger partial charge < -0.3 is 14.2 Å². The van der Waals surface area contributed by atoms with E-state index in [1.807, 2.05) is 12.1 Å². The van der Waals surface area contributed by atoms with E-state index in [9.17, 15) is 0 Å². The summed E-state index contributed by atoms with van der Waals surface area (Å²) in [6.07, 6.45) is 6.70. The molecule has 0 radical (unpaired) electrons. The Bertz CT molecular complexity index is 2480. The molecule has 1 saturated carbocycles. The lowest BCUT2D eigenvalue weighted by molar-refractivity contribution is 0.443. The van der Waals surface area contributed by atoms with E-state index < -0.39 is 0 Å². The van der Waals surface area contributed by atoms with Crippen molar-refractivity contribution >= 4 is 56.1 Å². The van der Waals surface area contributed by atoms with E-state index in [1.165, 1.54) is 54.5 Å². The molecule has 0 aliphatic heterocycles. The fourth-order valence-corrected chi connectivity index (χ4v) is 8.45. The van der Waals surface area contributed by atoms with Gasteiger partial charge in [0.1, 0.15) is 11.2 Å². The van der Waals surface area contributed by atoms with Crippen molar-refractivity contribution in [3.8, 4) is 0 Å². The van der Waals surface area contributed by atoms with Gasteiger partial charge in [-0.25, -0.2) is 0 Å². The number of furan rings is 1. The van der Waals surface area contributed by atoms with Crippen molar-refractivity contribution in [2.75, 3.05) is 9.80 Å². The number of rotatable bonds is 9. The molecule has 0 bridgehead atoms. The molecular weight excluding hydrogens is 657 g/mol. The van der Waals surface area contributed by atoms with E-state index in [2.05, 4.69) is 187 Å². The van der Waals surface area contributed by atoms with Crippen LogP contribution in [-0.4, -0.2) is 0 Å². The Morgan fingerprint density at radius 1 is 0.426 bits per heavy atom. The number of hydrogen-bond donors (Lipinski definition) is 0. The SMILES string of the molecule is CC(C)(c1ccc(N(c2ccccc2)c2ccc(C3CCCCC3)cc2)cc1)c1ccc(N(c2ccccc2)c2ccc3oc4ccccc4c3c2)cc1. The molecule has 0 N–H and O–H groups in total. The van der Waals surface area contributed by atoms with Gasteiger partial charge in [-0.2, -0.15) is 0 Å². The summed E-state index contributed by atoms with van der Waals surface area (Å²) >= 11 is 0. The topological polar surface area (TPSA) is 19.6 Å². The van der Waals surface area contributed by atoms with Crippen molar-refractivity contribution in [1.82, 2.24) is 0 Å². The highest BCUT2D eigenvalue weighted by Gasteiger charge is 2.25. The molecule has 0 atom stereocenters. The van der Waals surface area contributed by atoms with E-state index >= 15 is 0 Å². The minimum Gasteiger partial charge on any atom is -0.456 e. The Morgan fingerprint density at radius 3 is 1.44 bits per heavy atom. The van der Waals surface area contributed by atoms with E-state index in [1.54, 1.807) is 0 Å². The molecular formula is C51H46N2O. The fourth-order valence-electron chi connectivity index (χ4n) is 8.45. The molecule has 266 valence electrons. The van der Waals surface area contributed by atoms with Gasteiger partial charge in [-0.15, -0.1) is 0 Å². The minimum absolute atomic E-state index is 0.206. The second-order valence-corrected chi connectivity index (χ2v) is 15.3. The molecule has 7 aromatic carbocycles. The second kappa shape index (κ2) is 14.4. The van der Waals surface area contributed by atoms with Crippen LogP contribution in [0.4, 0.5) is 34.1 Å². The quantitative estimate of drug-likeness (QED) is 0.149. The number of hydrogen-bond acceptors (Lipinski definition) is 3. The van der Waals surface area contributed by atoms with Crippen LogP contribution in [0, 0.1) is 0 Å². The first-order valence-corrected chi connectivity index (χ1v) is 19.5. The summed E-state index contributed by atoms with van der Waals surface area (Å²) in [5.74, 6) is 0.696. The molecule has 0 amide bonds. The molecule has 1 aliphatic carbocycles. The third-order valence-corrected chi connectivity index (χ3v) is 11.6. The third-order valence-electron chi connectivity index (χ3n) is 11.6. The lowest BCUT2D eigenvalue weighted by Gasteiger charge is -2.30. The predicted octanol–water partition coefficient (Wildman–Crippen LogP) is 14.9. The monoisotopic (exact) mass is 702 g/mol. The normalized spacial score (nSPS) is 13.7. The summed E-state index contributed by atoms with van der Waals surface area (Å²) < 4.78 is 6.16. The Morgan fingerprint density at radius 2 is 0.870 bits per heavy atom. The van der Waals surface area contributed by atoms with E-state index in [0.29, 0.717) is 5.92 Å². The highest BCUT2D eigenvalue weighted by Crippen LogP contribution is 2.42. The van der Waals surface area contributed by atoms with Crippen LogP contribution in [0.1, 0.15) is 68.6 Å². The zero-order valence-electron chi connectivity index (χ0n) is 31.2. The molecule has 9 rings (SSSR count). The van der Waals surface area contributed by atoms with Gasteiger partial charge in [0.2, 0.25) is 0 Å². The molecule has 1 heterocycles. The smallest absolute Gasteiger partial charge is 0.135 e. The summed E-state index contributed by atoms with van der Waals surface area (Å²) in [6.45, 7) is 4.64. The second-order valence-electron chi connectivity index (χ2n) is 15.3. The van der Waals surface area contributed by atoms with Crippen molar-refractivity contribution < 1.29 is 4.42 Å². The zero-order valence-corrected chi connectivity index (χ0v) is 31.2. The Balaban J connectivity index is 1.01. The van der Waals surface area contributed by atoms with Gasteiger partial charge in [0, 0.05) is 50.3 Å². The third kappa shape index (κ3) is 6.45. The molecule has 1 aliphatic rings. The van der Waals surface area contributed by atoms with Crippen molar-refractivity contribution in [1.29, 1.82) is 0 Å². The maximum atomic E-state index is 6.16. The first kappa shape index (κ1) is 33.8. The van der Waals surface area contributed by atoms with Gasteiger partial charge in [0.15, 0.2) is 0 Å². The lowest BCUT2D eigenvalue weighted by atomic mass is 9.78. The van der Waals surface area contributed by atoms with Gasteiger partial charge in [-0.1, -0.05) is 124 Å². The van der Waals surface area contributed by atoms with E-state index in [4.69, 9.17) is 4.42 Å². The molecule has 1 fully saturated rings. The summed E-state index contributed by atoms with van der Waals surface area (Å²) in [4.78, 5) is 4.70. The maximum Gasteiger partial charge on any atom is 0.135 e. The highest BCUT2D eigenvalue weighted by atomic mass is 16.3. The van der Waals surface area contributed by atoms with Crippen LogP contribution < -0.4 is 9.80 Å². The van der Waals surface area contributed by atoms with Crippen molar-refractivity contribution in [2.24, 2.45) is 0 Å². The number of anilines is 6. The molecule has 1 aromatic heterocycles. The summed E-state index contributed by atoms with van der Waals surface area (Å²) in [6, 6.07) is 63.7. The molecule has 0 spiro atoms. The van der Waals surface area contributed by atoms with Crippen LogP contribution in [0.25, 0.3) is 21.9 Å². The van der Waals surface area contributed by atoms with Crippen LogP contribution in [0.15, 0.2) is 180 Å². The van der Waals surface area contributed by atoms with Gasteiger partial charge in [0.05, 0.1) is 0 Å². The van der Waals surface area contributed by atoms with E-state index in [-0.39, 0.29) is 5.41 Å². The largest absolute Gasteiger partial charge is 0.456 e. The number of para-hydroxylation sites is 3. The standard InChI is InChI=1S/C51H46N2O/c1-51(2,39-24-30-44(31-25-39)52(41-16-8-4-9-17-41)43-28-22-38(23-29-43)37-14-6-3-7-15-37)40-26-32-45(33-27-40)53(42-18-10-5-11-19-42)46-34-35-50-48(36-46)47-20-12-13-21-49(47)54-50/h4-5,8-13,16-37H,3,6-7,14-15H2,1-2H3. The molecule has 3 heteroatoms. The molecule has 0 unspecified atom stereocenters. The predicted molar refractivity (Wildman–Crippen MR) is 227 cm³/mol. The zero-order chi connectivity index (χ0) is 36.5. The van der Waals surface area contributed by atoms with Gasteiger partial charge in [-0.3, -0.25) is 0 Å². The van der Waals surface area contributed by atoms with Crippen LogP contribution >= 0.6 is 0 Å². The van der Waals surface area contributed by atoms with Crippen molar-refractivity contribution in [3.63, 3.8) is 0 Å². The minimum atomic E-state index is -0.206. The van der Waals surface area contributed by atoms with Crippen molar-refractivity contribution in [2.45, 2.75) is 57.3 Å². The van der Waals surface area contributed by atoms with E-state index in [0.717, 1.165) is 50.4 Å². The average Bonchev–Trinajstić information content (AvgIpc) is 3.61. The first-order chi connectivity index (χ1) is 26.5. The van der Waals surface area contributed by atoms with Gasteiger partial charge >= 0.3 is 0 Å². The van der Waals surface area contributed by atoms with Crippen LogP contribution in [0.5, 0.6) is 0 Å². The highest BCUT2D eigenvalue weighted by molar-refractivity contribution is 6.06. The Kier molecular flexibility index (Phi) is 9.00. The number of nitrogens with zero attached hydrogens (tertiary/aromatic N) is 2. The molecule has 8 aromatic rings. The van der Waals surface area contributed by atoms with Crippen LogP contribution in [0.2, 0.25) is 0 Å². The number of fused-ring (bicyclic) bond motifs is 3. The maximum absolute atomic E-state index is 6.16. The summed E-state index contributed by atoms with van der Waals surface area (Å²) in [5.41, 5.74) is 12.4. The Hall–Kier alpha value is -6.06. The van der Waals surface area contributed by atoms with Gasteiger partial charge in [0.25, 0.3) is 0 Å². The average molecular weight is 703 g/mol. The number of benzene rings is 7. The fraction of sp³-hybridized carbons (Fsp3) is 0.176. The Labute approximate surface area is 319 Å². The molecule has 3 nitrogen and oxygen atoms in total. The molecule has 0 saturated heterocycles. The van der Waals surface area contributed by atoms with Crippen molar-refractivity contribution in [3.05, 3.63) is 193 Å². The summed E-state index contributed by atoms with van der Waals surface area (Å²) in [5, 5.41) is 2.25. The van der Waals surface area contributed by atoms with Gasteiger partial charge in [-0.05, 0) is 120 Å². The molecule has 54 heavy (non-hydrogen) atoms. The van der Waals surface area contributed by atoms with Crippen LogP contribution in [-0.2, 0) is 5.41 Å². The van der Waals surface area contributed by atoms with Crippen LogP contribution in [0.3, 0.4) is 0 Å².